The Bertz CT molecular complexity index is 798. The van der Waals surface area contributed by atoms with Gasteiger partial charge in [-0.2, -0.15) is 10.1 Å². The van der Waals surface area contributed by atoms with E-state index in [9.17, 15) is 0 Å². The highest BCUT2D eigenvalue weighted by molar-refractivity contribution is 5.39. The first-order valence-corrected chi connectivity index (χ1v) is 8.29. The molecule has 0 unspecified atom stereocenters. The van der Waals surface area contributed by atoms with Crippen LogP contribution in [0.2, 0.25) is 0 Å². The van der Waals surface area contributed by atoms with E-state index in [1.807, 2.05) is 29.8 Å². The van der Waals surface area contributed by atoms with Crippen LogP contribution in [-0.4, -0.2) is 21.4 Å². The molecule has 1 aliphatic rings. The van der Waals surface area contributed by atoms with Gasteiger partial charge in [0.05, 0.1) is 18.7 Å². The molecule has 122 valence electrons. The van der Waals surface area contributed by atoms with Crippen molar-refractivity contribution in [1.29, 1.82) is 0 Å². The van der Waals surface area contributed by atoms with Crippen molar-refractivity contribution in [3.8, 4) is 5.75 Å². The zero-order valence-corrected chi connectivity index (χ0v) is 13.6. The Hall–Kier alpha value is -2.82. The number of rotatable bonds is 4. The molecule has 0 spiro atoms. The largest absolute Gasteiger partial charge is 0.494 e. The Morgan fingerprint density at radius 2 is 1.88 bits per heavy atom. The summed E-state index contributed by atoms with van der Waals surface area (Å²) >= 11 is 0. The average Bonchev–Trinajstić information content (AvgIpc) is 3.11. The van der Waals surface area contributed by atoms with Gasteiger partial charge in [0.15, 0.2) is 0 Å². The highest BCUT2D eigenvalue weighted by atomic mass is 16.5. The Balaban J connectivity index is 1.66. The molecule has 1 aromatic heterocycles. The van der Waals surface area contributed by atoms with E-state index in [0.717, 1.165) is 18.1 Å². The Morgan fingerprint density at radius 3 is 2.62 bits per heavy atom. The Kier molecular flexibility index (Phi) is 3.91. The summed E-state index contributed by atoms with van der Waals surface area (Å²) in [6, 6.07) is 19.2. The van der Waals surface area contributed by atoms with Gasteiger partial charge in [0.1, 0.15) is 12.1 Å². The van der Waals surface area contributed by atoms with E-state index in [-0.39, 0.29) is 12.1 Å². The number of benzene rings is 2. The highest BCUT2D eigenvalue weighted by Gasteiger charge is 2.29. The standard InChI is InChI=1S/C19H20N4O/c1-2-24-16-10-8-15(9-11-16)18-12-17(14-6-4-3-5-7-14)22-19-20-13-21-23(18)19/h3-11,13,17-18H,2,12H2,1H3,(H,20,21,22)/t17-,18+/m1/s1. The minimum Gasteiger partial charge on any atom is -0.494 e. The van der Waals surface area contributed by atoms with Gasteiger partial charge in [-0.1, -0.05) is 42.5 Å². The van der Waals surface area contributed by atoms with Gasteiger partial charge in [0.25, 0.3) is 0 Å². The fourth-order valence-corrected chi connectivity index (χ4v) is 3.25. The van der Waals surface area contributed by atoms with Crippen molar-refractivity contribution in [2.75, 3.05) is 11.9 Å². The quantitative estimate of drug-likeness (QED) is 0.794. The minimum atomic E-state index is 0.157. The maximum atomic E-state index is 5.55. The van der Waals surface area contributed by atoms with Crippen LogP contribution in [0.15, 0.2) is 60.9 Å². The lowest BCUT2D eigenvalue weighted by atomic mass is 9.93. The molecule has 0 amide bonds. The third kappa shape index (κ3) is 2.73. The van der Waals surface area contributed by atoms with Crippen LogP contribution >= 0.6 is 0 Å². The maximum absolute atomic E-state index is 5.55. The van der Waals surface area contributed by atoms with Crippen molar-refractivity contribution in [3.05, 3.63) is 72.1 Å². The van der Waals surface area contributed by atoms with Crippen LogP contribution in [0.3, 0.4) is 0 Å². The lowest BCUT2D eigenvalue weighted by Gasteiger charge is -2.31. The predicted molar refractivity (Wildman–Crippen MR) is 93.2 cm³/mol. The van der Waals surface area contributed by atoms with Crippen molar-refractivity contribution >= 4 is 5.95 Å². The smallest absolute Gasteiger partial charge is 0.222 e. The first-order chi connectivity index (χ1) is 11.8. The summed E-state index contributed by atoms with van der Waals surface area (Å²) in [7, 11) is 0. The molecular formula is C19H20N4O. The molecule has 2 aromatic carbocycles. The number of hydrogen-bond donors (Lipinski definition) is 1. The van der Waals surface area contributed by atoms with E-state index in [4.69, 9.17) is 4.74 Å². The van der Waals surface area contributed by atoms with E-state index in [2.05, 4.69) is 51.8 Å². The fourth-order valence-electron chi connectivity index (χ4n) is 3.25. The first-order valence-electron chi connectivity index (χ1n) is 8.29. The zero-order chi connectivity index (χ0) is 16.4. The van der Waals surface area contributed by atoms with Crippen LogP contribution in [0.1, 0.15) is 36.6 Å². The maximum Gasteiger partial charge on any atom is 0.222 e. The van der Waals surface area contributed by atoms with Crippen molar-refractivity contribution in [3.63, 3.8) is 0 Å². The van der Waals surface area contributed by atoms with Crippen LogP contribution < -0.4 is 10.1 Å². The molecule has 2 atom stereocenters. The van der Waals surface area contributed by atoms with Gasteiger partial charge in [0, 0.05) is 0 Å². The van der Waals surface area contributed by atoms with Gasteiger partial charge in [-0.15, -0.1) is 0 Å². The first kappa shape index (κ1) is 14.8. The number of anilines is 1. The summed E-state index contributed by atoms with van der Waals surface area (Å²) in [5, 5.41) is 7.90. The average molecular weight is 320 g/mol. The molecule has 1 N–H and O–H groups in total. The summed E-state index contributed by atoms with van der Waals surface area (Å²) < 4.78 is 7.51. The molecule has 4 rings (SSSR count). The number of nitrogens with one attached hydrogen (secondary N) is 1. The Labute approximate surface area is 141 Å². The second-order valence-corrected chi connectivity index (χ2v) is 5.89. The fraction of sp³-hybridized carbons (Fsp3) is 0.263. The molecule has 0 saturated carbocycles. The van der Waals surface area contributed by atoms with Gasteiger partial charge >= 0.3 is 0 Å². The topological polar surface area (TPSA) is 52.0 Å². The molecule has 0 aliphatic carbocycles. The van der Waals surface area contributed by atoms with Crippen LogP contribution in [0.4, 0.5) is 5.95 Å². The van der Waals surface area contributed by atoms with E-state index in [0.29, 0.717) is 6.61 Å². The summed E-state index contributed by atoms with van der Waals surface area (Å²) in [4.78, 5) is 4.37. The molecule has 0 bridgehead atoms. The van der Waals surface area contributed by atoms with Crippen molar-refractivity contribution in [2.24, 2.45) is 0 Å². The monoisotopic (exact) mass is 320 g/mol. The van der Waals surface area contributed by atoms with E-state index in [1.165, 1.54) is 11.1 Å². The lowest BCUT2D eigenvalue weighted by Crippen LogP contribution is -2.28. The number of hydrogen-bond acceptors (Lipinski definition) is 4. The summed E-state index contributed by atoms with van der Waals surface area (Å²) in [5.41, 5.74) is 2.48. The molecule has 0 radical (unpaired) electrons. The van der Waals surface area contributed by atoms with Gasteiger partial charge in [0.2, 0.25) is 5.95 Å². The Morgan fingerprint density at radius 1 is 1.08 bits per heavy atom. The minimum absolute atomic E-state index is 0.157. The zero-order valence-electron chi connectivity index (χ0n) is 13.6. The van der Waals surface area contributed by atoms with Crippen LogP contribution in [0, 0.1) is 0 Å². The molecule has 1 aliphatic heterocycles. The van der Waals surface area contributed by atoms with Crippen LogP contribution in [0.5, 0.6) is 5.75 Å². The second kappa shape index (κ2) is 6.35. The number of aromatic nitrogens is 3. The van der Waals surface area contributed by atoms with Crippen LogP contribution in [0.25, 0.3) is 0 Å². The third-order valence-electron chi connectivity index (χ3n) is 4.41. The highest BCUT2D eigenvalue weighted by Crippen LogP contribution is 2.37. The van der Waals surface area contributed by atoms with E-state index in [1.54, 1.807) is 6.33 Å². The summed E-state index contributed by atoms with van der Waals surface area (Å²) in [6.45, 7) is 2.67. The summed E-state index contributed by atoms with van der Waals surface area (Å²) in [6.07, 6.45) is 2.53. The summed E-state index contributed by atoms with van der Waals surface area (Å²) in [5.74, 6) is 1.71. The molecule has 5 nitrogen and oxygen atoms in total. The lowest BCUT2D eigenvalue weighted by molar-refractivity contribution is 0.340. The van der Waals surface area contributed by atoms with Gasteiger partial charge in [-0.3, -0.25) is 0 Å². The molecule has 0 saturated heterocycles. The second-order valence-electron chi connectivity index (χ2n) is 5.89. The van der Waals surface area contributed by atoms with Crippen molar-refractivity contribution < 1.29 is 4.74 Å². The number of fused-ring (bicyclic) bond motifs is 1. The predicted octanol–water partition coefficient (Wildman–Crippen LogP) is 3.82. The van der Waals surface area contributed by atoms with E-state index >= 15 is 0 Å². The third-order valence-corrected chi connectivity index (χ3v) is 4.41. The molecule has 24 heavy (non-hydrogen) atoms. The van der Waals surface area contributed by atoms with Gasteiger partial charge < -0.3 is 10.1 Å². The van der Waals surface area contributed by atoms with Gasteiger partial charge in [-0.25, -0.2) is 4.68 Å². The molecule has 0 fully saturated rings. The van der Waals surface area contributed by atoms with Crippen LogP contribution in [-0.2, 0) is 0 Å². The molecular weight excluding hydrogens is 300 g/mol. The van der Waals surface area contributed by atoms with Crippen molar-refractivity contribution in [2.45, 2.75) is 25.4 Å². The SMILES string of the molecule is CCOc1ccc([C@@H]2C[C@H](c3ccccc3)Nc3ncnn32)cc1. The molecule has 3 aromatic rings. The normalized spacial score (nSPS) is 19.4. The molecule has 5 heteroatoms. The van der Waals surface area contributed by atoms with E-state index < -0.39 is 0 Å². The van der Waals surface area contributed by atoms with Crippen molar-refractivity contribution in [1.82, 2.24) is 14.8 Å². The van der Waals surface area contributed by atoms with Gasteiger partial charge in [-0.05, 0) is 36.6 Å². The number of ether oxygens (including phenoxy) is 1. The molecule has 2 heterocycles. The number of nitrogens with zero attached hydrogens (tertiary/aromatic N) is 3.